The average Bonchev–Trinajstić information content (AvgIpc) is 3.16. The van der Waals surface area contributed by atoms with Gasteiger partial charge in [-0.3, -0.25) is 28.8 Å². The number of allylic oxidation sites excluding steroid dienone is 1. The fourth-order valence-electron chi connectivity index (χ4n) is 5.34. The second kappa shape index (κ2) is 38.3. The molecule has 56 heavy (non-hydrogen) atoms. The highest BCUT2D eigenvalue weighted by Gasteiger charge is 2.17. The van der Waals surface area contributed by atoms with Crippen LogP contribution in [0.1, 0.15) is 123 Å². The first-order valence-corrected chi connectivity index (χ1v) is 20.6. The van der Waals surface area contributed by atoms with Crippen molar-refractivity contribution in [3.8, 4) is 0 Å². The summed E-state index contributed by atoms with van der Waals surface area (Å²) in [6.45, 7) is 10.3. The summed E-state index contributed by atoms with van der Waals surface area (Å²) >= 11 is 0. The van der Waals surface area contributed by atoms with E-state index in [2.05, 4.69) is 33.2 Å². The Morgan fingerprint density at radius 2 is 0.946 bits per heavy atom. The number of carbonyl (C=O) groups is 6. The van der Waals surface area contributed by atoms with Crippen LogP contribution < -0.4 is 26.6 Å². The third-order valence-corrected chi connectivity index (χ3v) is 8.60. The van der Waals surface area contributed by atoms with E-state index in [0.717, 1.165) is 50.6 Å². The molecule has 0 fully saturated rings. The zero-order chi connectivity index (χ0) is 41.5. The fourth-order valence-corrected chi connectivity index (χ4v) is 5.34. The molecule has 4 amide bonds. The number of aliphatic carboxylic acids is 1. The molecule has 324 valence electrons. The van der Waals surface area contributed by atoms with Crippen molar-refractivity contribution in [2.45, 2.75) is 129 Å². The lowest BCUT2D eigenvalue weighted by molar-refractivity contribution is -0.137. The molecule has 0 aromatic rings. The normalized spacial score (nSPS) is 11.4. The molecule has 0 saturated carbocycles. The lowest BCUT2D eigenvalue weighted by Gasteiger charge is -2.17. The molecule has 0 aliphatic rings. The van der Waals surface area contributed by atoms with E-state index in [1.165, 1.54) is 39.0 Å². The Bertz CT molecular complexity index is 1090. The molecular weight excluding hydrogens is 726 g/mol. The van der Waals surface area contributed by atoms with Gasteiger partial charge in [-0.25, -0.2) is 0 Å². The molecule has 0 aliphatic heterocycles. The van der Waals surface area contributed by atoms with Crippen LogP contribution in [0.4, 0.5) is 0 Å². The lowest BCUT2D eigenvalue weighted by atomic mass is 10.0. The number of carbonyl (C=O) groups excluding carboxylic acids is 5. The Morgan fingerprint density at radius 1 is 0.518 bits per heavy atom. The SMILES string of the molecule is C=C(CC[C@H](NC(=O)CCCCCCCCCCCCCCC(=O)O)C(C)=O)NCCOCCOCC(=O)NCCOCCOCC(=O)NCCNC(=O)CC. The lowest BCUT2D eigenvalue weighted by Crippen LogP contribution is -2.40. The summed E-state index contributed by atoms with van der Waals surface area (Å²) in [5.41, 5.74) is 0.753. The minimum atomic E-state index is -0.711. The molecule has 0 rings (SSSR count). The predicted octanol–water partition coefficient (Wildman–Crippen LogP) is 3.31. The number of amides is 4. The van der Waals surface area contributed by atoms with Crippen LogP contribution in [0.15, 0.2) is 12.3 Å². The molecule has 0 unspecified atom stereocenters. The zero-order valence-electron chi connectivity index (χ0n) is 34.3. The van der Waals surface area contributed by atoms with Crippen molar-refractivity contribution in [3.63, 3.8) is 0 Å². The fraction of sp³-hybridized carbons (Fsp3) is 0.800. The summed E-state index contributed by atoms with van der Waals surface area (Å²) in [6.07, 6.45) is 15.1. The molecule has 6 N–H and O–H groups in total. The summed E-state index contributed by atoms with van der Waals surface area (Å²) in [5.74, 6) is -1.51. The number of nitrogens with one attached hydrogen (secondary N) is 5. The smallest absolute Gasteiger partial charge is 0.303 e. The summed E-state index contributed by atoms with van der Waals surface area (Å²) in [6, 6.07) is -0.540. The molecule has 0 radical (unpaired) electrons. The number of ether oxygens (including phenoxy) is 4. The van der Waals surface area contributed by atoms with Crippen molar-refractivity contribution in [2.24, 2.45) is 0 Å². The molecule has 0 spiro atoms. The monoisotopic (exact) mass is 800 g/mol. The maximum absolute atomic E-state index is 12.4. The van der Waals surface area contributed by atoms with Gasteiger partial charge in [0.1, 0.15) is 13.2 Å². The number of unbranched alkanes of at least 4 members (excludes halogenated alkanes) is 11. The molecule has 0 aromatic heterocycles. The number of carboxylic acids is 1. The van der Waals surface area contributed by atoms with Gasteiger partial charge in [0.05, 0.1) is 45.7 Å². The van der Waals surface area contributed by atoms with Gasteiger partial charge >= 0.3 is 5.97 Å². The first kappa shape index (κ1) is 52.4. The van der Waals surface area contributed by atoms with E-state index in [1.54, 1.807) is 6.92 Å². The highest BCUT2D eigenvalue weighted by Crippen LogP contribution is 2.13. The molecular formula is C40H73N5O11. The van der Waals surface area contributed by atoms with E-state index < -0.39 is 12.0 Å². The molecule has 0 bridgehead atoms. The third-order valence-electron chi connectivity index (χ3n) is 8.60. The van der Waals surface area contributed by atoms with Crippen molar-refractivity contribution in [2.75, 3.05) is 79.0 Å². The van der Waals surface area contributed by atoms with Crippen LogP contribution in [0.5, 0.6) is 0 Å². The van der Waals surface area contributed by atoms with Crippen molar-refractivity contribution < 1.29 is 52.8 Å². The first-order chi connectivity index (χ1) is 27.0. The van der Waals surface area contributed by atoms with Gasteiger partial charge in [0.2, 0.25) is 23.6 Å². The molecule has 0 heterocycles. The number of hydrogen-bond acceptors (Lipinski definition) is 11. The van der Waals surface area contributed by atoms with Crippen LogP contribution >= 0.6 is 0 Å². The van der Waals surface area contributed by atoms with E-state index in [9.17, 15) is 28.8 Å². The molecule has 0 aliphatic carbocycles. The van der Waals surface area contributed by atoms with E-state index >= 15 is 0 Å². The van der Waals surface area contributed by atoms with Crippen molar-refractivity contribution in [1.29, 1.82) is 0 Å². The largest absolute Gasteiger partial charge is 0.481 e. The van der Waals surface area contributed by atoms with Crippen LogP contribution in [0.25, 0.3) is 0 Å². The van der Waals surface area contributed by atoms with Crippen LogP contribution in [0.2, 0.25) is 0 Å². The molecule has 16 heteroatoms. The molecule has 0 saturated heterocycles. The Labute approximate surface area is 334 Å². The number of carboxylic acid groups (broad SMARTS) is 1. The van der Waals surface area contributed by atoms with Crippen molar-refractivity contribution >= 4 is 35.4 Å². The van der Waals surface area contributed by atoms with Gasteiger partial charge in [-0.1, -0.05) is 77.7 Å². The van der Waals surface area contributed by atoms with Gasteiger partial charge in [0.15, 0.2) is 5.78 Å². The topological polar surface area (TPSA) is 220 Å². The van der Waals surface area contributed by atoms with E-state index in [-0.39, 0.29) is 75.5 Å². The molecule has 16 nitrogen and oxygen atoms in total. The van der Waals surface area contributed by atoms with Crippen molar-refractivity contribution in [1.82, 2.24) is 26.6 Å². The van der Waals surface area contributed by atoms with E-state index in [4.69, 9.17) is 24.1 Å². The minimum absolute atomic E-state index is 0.0712. The number of rotatable bonds is 41. The maximum atomic E-state index is 12.4. The standard InChI is InChI=1S/C40H73N5O11/c1-4-36(47)42-21-22-43-38(49)31-55-30-28-54-26-24-44-39(50)32-56-29-27-53-25-23-41-33(2)19-20-35(34(3)46)45-37(48)17-15-13-11-9-7-5-6-8-10-12-14-16-18-40(51)52/h35,41H,2,4-32H2,1,3H3,(H,42,47)(H,43,49)(H,44,50)(H,45,48)(H,51,52)/t35-/m0/s1. The van der Waals surface area contributed by atoms with E-state index in [0.29, 0.717) is 65.1 Å². The molecule has 1 atom stereocenters. The van der Waals surface area contributed by atoms with Gasteiger partial charge in [-0.15, -0.1) is 0 Å². The van der Waals surface area contributed by atoms with Gasteiger partial charge < -0.3 is 50.6 Å². The second-order valence-corrected chi connectivity index (χ2v) is 13.7. The van der Waals surface area contributed by atoms with Crippen molar-refractivity contribution in [3.05, 3.63) is 12.3 Å². The van der Waals surface area contributed by atoms with Crippen LogP contribution in [-0.4, -0.2) is 126 Å². The number of hydrogen-bond donors (Lipinski definition) is 6. The van der Waals surface area contributed by atoms with Gasteiger partial charge in [-0.05, 0) is 32.6 Å². The average molecular weight is 800 g/mol. The summed E-state index contributed by atoms with van der Waals surface area (Å²) in [4.78, 5) is 69.8. The van der Waals surface area contributed by atoms with Gasteiger partial charge in [0, 0.05) is 51.1 Å². The van der Waals surface area contributed by atoms with Crippen LogP contribution in [0, 0.1) is 0 Å². The van der Waals surface area contributed by atoms with Crippen LogP contribution in [-0.2, 0) is 47.7 Å². The Balaban J connectivity index is 3.66. The van der Waals surface area contributed by atoms with Gasteiger partial charge in [-0.2, -0.15) is 0 Å². The highest BCUT2D eigenvalue weighted by atomic mass is 16.5. The summed E-state index contributed by atoms with van der Waals surface area (Å²) in [7, 11) is 0. The maximum Gasteiger partial charge on any atom is 0.303 e. The highest BCUT2D eigenvalue weighted by molar-refractivity contribution is 5.87. The quantitative estimate of drug-likeness (QED) is 0.0491. The van der Waals surface area contributed by atoms with Crippen LogP contribution in [0.3, 0.4) is 0 Å². The Hall–Kier alpha value is -3.60. The summed E-state index contributed by atoms with van der Waals surface area (Å²) < 4.78 is 21.4. The Morgan fingerprint density at radius 3 is 1.43 bits per heavy atom. The second-order valence-electron chi connectivity index (χ2n) is 13.7. The summed E-state index contributed by atoms with van der Waals surface area (Å²) in [5, 5.41) is 22.7. The predicted molar refractivity (Wildman–Crippen MR) is 214 cm³/mol. The number of Topliss-reactive ketones (excluding diaryl/α,β-unsaturated/α-hetero) is 1. The number of ketones is 1. The molecule has 0 aromatic carbocycles. The first-order valence-electron chi connectivity index (χ1n) is 20.6. The van der Waals surface area contributed by atoms with Gasteiger partial charge in [0.25, 0.3) is 0 Å². The third kappa shape index (κ3) is 37.3. The Kier molecular flexibility index (Phi) is 35.8. The zero-order valence-corrected chi connectivity index (χ0v) is 34.3. The minimum Gasteiger partial charge on any atom is -0.481 e. The van der Waals surface area contributed by atoms with E-state index in [1.807, 2.05) is 0 Å².